The largest absolute Gasteiger partial charge is 0.377 e. The van der Waals surface area contributed by atoms with Crippen LogP contribution in [-0.4, -0.2) is 34.8 Å². The molecule has 0 N–H and O–H groups in total. The third kappa shape index (κ3) is 2.61. The Kier molecular flexibility index (Phi) is 3.98. The number of anilines is 1. The van der Waals surface area contributed by atoms with Gasteiger partial charge in [-0.15, -0.1) is 11.3 Å². The number of fused-ring (bicyclic) bond motifs is 3. The van der Waals surface area contributed by atoms with Crippen LogP contribution in [0.2, 0.25) is 0 Å². The summed E-state index contributed by atoms with van der Waals surface area (Å²) >= 11 is 1.34. The van der Waals surface area contributed by atoms with Gasteiger partial charge in [0.25, 0.3) is 5.56 Å². The SMILES string of the molecule is CC1CCC(n2cnc3c(sc4nccc(N(C)C)c43)c2=O)[C@@H](F)C1. The number of rotatable bonds is 2. The fraction of sp³-hybridized carbons (Fsp3) is 0.500. The van der Waals surface area contributed by atoms with Gasteiger partial charge in [0, 0.05) is 20.3 Å². The highest BCUT2D eigenvalue weighted by molar-refractivity contribution is 7.25. The van der Waals surface area contributed by atoms with Crippen LogP contribution in [0.4, 0.5) is 10.1 Å². The topological polar surface area (TPSA) is 51.0 Å². The van der Waals surface area contributed by atoms with E-state index in [2.05, 4.69) is 16.9 Å². The van der Waals surface area contributed by atoms with Crippen molar-refractivity contribution in [3.63, 3.8) is 0 Å². The van der Waals surface area contributed by atoms with Gasteiger partial charge < -0.3 is 4.90 Å². The van der Waals surface area contributed by atoms with Crippen molar-refractivity contribution in [2.45, 2.75) is 38.4 Å². The molecule has 0 radical (unpaired) electrons. The van der Waals surface area contributed by atoms with E-state index in [4.69, 9.17) is 0 Å². The van der Waals surface area contributed by atoms with Crippen molar-refractivity contribution >= 4 is 37.5 Å². The molecule has 1 saturated carbocycles. The van der Waals surface area contributed by atoms with Crippen molar-refractivity contribution in [1.29, 1.82) is 0 Å². The Hall–Kier alpha value is -2.02. The van der Waals surface area contributed by atoms with E-state index in [1.807, 2.05) is 25.1 Å². The van der Waals surface area contributed by atoms with Crippen molar-refractivity contribution in [3.05, 3.63) is 28.9 Å². The Balaban J connectivity index is 1.91. The fourth-order valence-electron chi connectivity index (χ4n) is 3.77. The molecule has 1 fully saturated rings. The molecule has 3 atom stereocenters. The van der Waals surface area contributed by atoms with E-state index in [0.29, 0.717) is 29.0 Å². The average Bonchev–Trinajstić information content (AvgIpc) is 2.95. The molecule has 5 nitrogen and oxygen atoms in total. The molecule has 1 aliphatic carbocycles. The molecular formula is C18H21FN4OS. The minimum atomic E-state index is -0.995. The number of thiophene rings is 1. The Morgan fingerprint density at radius 1 is 1.32 bits per heavy atom. The summed E-state index contributed by atoms with van der Waals surface area (Å²) in [7, 11) is 3.91. The molecule has 3 aromatic heterocycles. The second kappa shape index (κ2) is 6.05. The van der Waals surface area contributed by atoms with Crippen molar-refractivity contribution < 1.29 is 4.39 Å². The Morgan fingerprint density at radius 3 is 2.84 bits per heavy atom. The Bertz CT molecular complexity index is 996. The zero-order valence-corrected chi connectivity index (χ0v) is 15.4. The molecule has 0 bridgehead atoms. The smallest absolute Gasteiger partial charge is 0.271 e. The third-order valence-electron chi connectivity index (χ3n) is 5.12. The molecule has 0 spiro atoms. The van der Waals surface area contributed by atoms with Crippen molar-refractivity contribution in [3.8, 4) is 0 Å². The number of hydrogen-bond acceptors (Lipinski definition) is 5. The number of nitrogens with zero attached hydrogens (tertiary/aromatic N) is 4. The van der Waals surface area contributed by atoms with Crippen LogP contribution in [-0.2, 0) is 0 Å². The van der Waals surface area contributed by atoms with Gasteiger partial charge >= 0.3 is 0 Å². The lowest BCUT2D eigenvalue weighted by Crippen LogP contribution is -2.34. The Morgan fingerprint density at radius 2 is 2.12 bits per heavy atom. The summed E-state index contributed by atoms with van der Waals surface area (Å²) in [6.07, 6.45) is 4.40. The molecule has 2 unspecified atom stereocenters. The molecule has 3 aromatic rings. The minimum Gasteiger partial charge on any atom is -0.377 e. The standard InChI is InChI=1S/C18H21FN4OS/c1-10-4-5-12(11(19)8-10)23-9-21-15-14-13(22(2)3)6-7-20-17(14)25-16(15)18(23)24/h6-7,9-12H,4-5,8H2,1-3H3/t10?,11-,12?/m0/s1. The zero-order valence-electron chi connectivity index (χ0n) is 14.6. The molecule has 4 rings (SSSR count). The van der Waals surface area contributed by atoms with Crippen LogP contribution in [0.1, 0.15) is 32.2 Å². The van der Waals surface area contributed by atoms with Crippen LogP contribution >= 0.6 is 11.3 Å². The first-order valence-corrected chi connectivity index (χ1v) is 9.38. The number of hydrogen-bond donors (Lipinski definition) is 0. The highest BCUT2D eigenvalue weighted by Crippen LogP contribution is 2.37. The first kappa shape index (κ1) is 16.4. The first-order chi connectivity index (χ1) is 12.0. The monoisotopic (exact) mass is 360 g/mol. The fourth-order valence-corrected chi connectivity index (χ4v) is 4.82. The lowest BCUT2D eigenvalue weighted by molar-refractivity contribution is 0.135. The van der Waals surface area contributed by atoms with Gasteiger partial charge in [-0.3, -0.25) is 9.36 Å². The second-order valence-electron chi connectivity index (χ2n) is 7.14. The second-order valence-corrected chi connectivity index (χ2v) is 8.14. The van der Waals surface area contributed by atoms with Crippen LogP contribution in [0.3, 0.4) is 0 Å². The number of halogens is 1. The lowest BCUT2D eigenvalue weighted by atomic mass is 9.86. The number of alkyl halides is 1. The maximum atomic E-state index is 14.5. The van der Waals surface area contributed by atoms with Crippen LogP contribution in [0.25, 0.3) is 20.4 Å². The predicted molar refractivity (Wildman–Crippen MR) is 100 cm³/mol. The molecule has 132 valence electrons. The molecule has 1 aliphatic rings. The maximum Gasteiger partial charge on any atom is 0.271 e. The molecular weight excluding hydrogens is 339 g/mol. The first-order valence-electron chi connectivity index (χ1n) is 8.57. The van der Waals surface area contributed by atoms with Crippen molar-refractivity contribution in [2.24, 2.45) is 5.92 Å². The maximum absolute atomic E-state index is 14.5. The zero-order chi connectivity index (χ0) is 17.7. The normalized spacial score (nSPS) is 24.1. The van der Waals surface area contributed by atoms with Crippen LogP contribution in [0, 0.1) is 5.92 Å². The van der Waals surface area contributed by atoms with E-state index < -0.39 is 12.2 Å². The number of pyridine rings is 1. The summed E-state index contributed by atoms with van der Waals surface area (Å²) in [5, 5.41) is 0.894. The number of aromatic nitrogens is 3. The summed E-state index contributed by atoms with van der Waals surface area (Å²) in [5.41, 5.74) is 1.49. The molecule has 0 aromatic carbocycles. The van der Waals surface area contributed by atoms with Gasteiger partial charge in [0.15, 0.2) is 0 Å². The highest BCUT2D eigenvalue weighted by atomic mass is 32.1. The molecule has 25 heavy (non-hydrogen) atoms. The van der Waals surface area contributed by atoms with E-state index in [9.17, 15) is 9.18 Å². The van der Waals surface area contributed by atoms with E-state index in [0.717, 1.165) is 22.3 Å². The third-order valence-corrected chi connectivity index (χ3v) is 6.20. The van der Waals surface area contributed by atoms with E-state index in [1.54, 1.807) is 6.20 Å². The predicted octanol–water partition coefficient (Wildman–Crippen LogP) is 3.77. The van der Waals surface area contributed by atoms with E-state index in [1.165, 1.54) is 22.2 Å². The van der Waals surface area contributed by atoms with Crippen molar-refractivity contribution in [1.82, 2.24) is 14.5 Å². The molecule has 0 aliphatic heterocycles. The summed E-state index contributed by atoms with van der Waals surface area (Å²) in [4.78, 5) is 24.8. The van der Waals surface area contributed by atoms with E-state index in [-0.39, 0.29) is 5.56 Å². The van der Waals surface area contributed by atoms with Crippen LogP contribution in [0.5, 0.6) is 0 Å². The quantitative estimate of drug-likeness (QED) is 0.698. The van der Waals surface area contributed by atoms with Gasteiger partial charge in [-0.1, -0.05) is 6.92 Å². The van der Waals surface area contributed by atoms with Gasteiger partial charge in [-0.25, -0.2) is 14.4 Å². The van der Waals surface area contributed by atoms with Crippen molar-refractivity contribution in [2.75, 3.05) is 19.0 Å². The summed E-state index contributed by atoms with van der Waals surface area (Å²) in [6.45, 7) is 2.06. The minimum absolute atomic E-state index is 0.153. The highest BCUT2D eigenvalue weighted by Gasteiger charge is 2.31. The molecule has 0 saturated heterocycles. The van der Waals surface area contributed by atoms with Gasteiger partial charge in [0.2, 0.25) is 0 Å². The van der Waals surface area contributed by atoms with Gasteiger partial charge in [-0.05, 0) is 31.2 Å². The summed E-state index contributed by atoms with van der Waals surface area (Å²) in [5.74, 6) is 0.370. The van der Waals surface area contributed by atoms with Gasteiger partial charge in [-0.2, -0.15) is 0 Å². The van der Waals surface area contributed by atoms with Crippen LogP contribution in [0.15, 0.2) is 23.4 Å². The van der Waals surface area contributed by atoms with Gasteiger partial charge in [0.1, 0.15) is 15.7 Å². The summed E-state index contributed by atoms with van der Waals surface area (Å²) in [6, 6.07) is 1.51. The summed E-state index contributed by atoms with van der Waals surface area (Å²) < 4.78 is 16.6. The average molecular weight is 360 g/mol. The Labute approximate surface area is 149 Å². The molecule has 3 heterocycles. The molecule has 0 amide bonds. The lowest BCUT2D eigenvalue weighted by Gasteiger charge is -2.30. The van der Waals surface area contributed by atoms with Gasteiger partial charge in [0.05, 0.1) is 29.0 Å². The molecule has 7 heteroatoms. The van der Waals surface area contributed by atoms with Crippen LogP contribution < -0.4 is 10.5 Å². The van der Waals surface area contributed by atoms with E-state index >= 15 is 0 Å².